The molecule has 0 atom stereocenters. The molecule has 0 radical (unpaired) electrons. The summed E-state index contributed by atoms with van der Waals surface area (Å²) in [6.45, 7) is 3.85. The molecule has 0 aliphatic rings. The predicted molar refractivity (Wildman–Crippen MR) is 71.8 cm³/mol. The SMILES string of the molecule is COc1ccccc1/C=N/c1nc(C)cc(C)n1. The van der Waals surface area contributed by atoms with Crippen molar-refractivity contribution in [1.82, 2.24) is 9.97 Å². The first-order chi connectivity index (χ1) is 8.69. The molecule has 0 N–H and O–H groups in total. The van der Waals surface area contributed by atoms with Crippen molar-refractivity contribution < 1.29 is 4.74 Å². The number of benzene rings is 1. The van der Waals surface area contributed by atoms with Gasteiger partial charge < -0.3 is 4.74 Å². The molecule has 0 saturated carbocycles. The van der Waals surface area contributed by atoms with Crippen LogP contribution in [0.25, 0.3) is 0 Å². The monoisotopic (exact) mass is 241 g/mol. The molecule has 1 aromatic heterocycles. The zero-order valence-corrected chi connectivity index (χ0v) is 10.7. The van der Waals surface area contributed by atoms with Crippen molar-refractivity contribution in [2.45, 2.75) is 13.8 Å². The van der Waals surface area contributed by atoms with Gasteiger partial charge in [-0.05, 0) is 32.0 Å². The van der Waals surface area contributed by atoms with Gasteiger partial charge in [0.1, 0.15) is 5.75 Å². The van der Waals surface area contributed by atoms with Crippen LogP contribution in [-0.4, -0.2) is 23.3 Å². The lowest BCUT2D eigenvalue weighted by molar-refractivity contribution is 0.414. The molecule has 4 heteroatoms. The molecule has 0 aliphatic heterocycles. The molecule has 4 nitrogen and oxygen atoms in total. The third-order valence-corrected chi connectivity index (χ3v) is 2.43. The van der Waals surface area contributed by atoms with E-state index in [1.807, 2.05) is 44.2 Å². The fraction of sp³-hybridized carbons (Fsp3) is 0.214. The van der Waals surface area contributed by atoms with Gasteiger partial charge in [0, 0.05) is 23.2 Å². The topological polar surface area (TPSA) is 47.4 Å². The molecule has 1 heterocycles. The molecule has 2 aromatic rings. The Bertz CT molecular complexity index is 559. The summed E-state index contributed by atoms with van der Waals surface area (Å²) in [6, 6.07) is 9.60. The summed E-state index contributed by atoms with van der Waals surface area (Å²) in [4.78, 5) is 12.8. The van der Waals surface area contributed by atoms with Crippen molar-refractivity contribution >= 4 is 12.2 Å². The number of hydrogen-bond acceptors (Lipinski definition) is 4. The Balaban J connectivity index is 2.30. The highest BCUT2D eigenvalue weighted by Gasteiger charge is 1.99. The third-order valence-electron chi connectivity index (χ3n) is 2.43. The average molecular weight is 241 g/mol. The lowest BCUT2D eigenvalue weighted by atomic mass is 10.2. The van der Waals surface area contributed by atoms with Gasteiger partial charge in [-0.2, -0.15) is 0 Å². The number of methoxy groups -OCH3 is 1. The van der Waals surface area contributed by atoms with Crippen LogP contribution in [0.4, 0.5) is 5.95 Å². The van der Waals surface area contributed by atoms with Crippen LogP contribution in [0.5, 0.6) is 5.75 Å². The van der Waals surface area contributed by atoms with Crippen LogP contribution in [0.1, 0.15) is 17.0 Å². The van der Waals surface area contributed by atoms with Gasteiger partial charge in [-0.3, -0.25) is 0 Å². The zero-order chi connectivity index (χ0) is 13.0. The predicted octanol–water partition coefficient (Wildman–Crippen LogP) is 2.85. The molecule has 0 bridgehead atoms. The van der Waals surface area contributed by atoms with Crippen LogP contribution in [0.2, 0.25) is 0 Å². The third kappa shape index (κ3) is 2.91. The van der Waals surface area contributed by atoms with Crippen molar-refractivity contribution in [1.29, 1.82) is 0 Å². The summed E-state index contributed by atoms with van der Waals surface area (Å²) in [5, 5.41) is 0. The second-order valence-electron chi connectivity index (χ2n) is 3.95. The van der Waals surface area contributed by atoms with Crippen LogP contribution in [0.3, 0.4) is 0 Å². The number of aromatic nitrogens is 2. The van der Waals surface area contributed by atoms with E-state index in [4.69, 9.17) is 4.74 Å². The number of rotatable bonds is 3. The molecule has 2 rings (SSSR count). The second kappa shape index (κ2) is 5.40. The Morgan fingerprint density at radius 2 is 1.78 bits per heavy atom. The molecule has 0 unspecified atom stereocenters. The highest BCUT2D eigenvalue weighted by atomic mass is 16.5. The molecule has 1 aromatic carbocycles. The van der Waals surface area contributed by atoms with Crippen LogP contribution < -0.4 is 4.74 Å². The molecule has 0 saturated heterocycles. The van der Waals surface area contributed by atoms with Crippen molar-refractivity contribution in [2.75, 3.05) is 7.11 Å². The molecular formula is C14H15N3O. The number of nitrogens with zero attached hydrogens (tertiary/aromatic N) is 3. The normalized spacial score (nSPS) is 10.8. The standard InChI is InChI=1S/C14H15N3O/c1-10-8-11(2)17-14(16-10)15-9-12-6-4-5-7-13(12)18-3/h4-9H,1-3H3/b15-9+. The van der Waals surface area contributed by atoms with Gasteiger partial charge >= 0.3 is 0 Å². The van der Waals surface area contributed by atoms with Crippen molar-refractivity contribution in [3.8, 4) is 5.75 Å². The van der Waals surface area contributed by atoms with E-state index in [0.717, 1.165) is 22.7 Å². The van der Waals surface area contributed by atoms with E-state index < -0.39 is 0 Å². The van der Waals surface area contributed by atoms with Crippen molar-refractivity contribution in [2.24, 2.45) is 4.99 Å². The smallest absolute Gasteiger partial charge is 0.249 e. The lowest BCUT2D eigenvalue weighted by Crippen LogP contribution is -1.92. The van der Waals surface area contributed by atoms with Crippen LogP contribution in [-0.2, 0) is 0 Å². The Hall–Kier alpha value is -2.23. The minimum atomic E-state index is 0.471. The minimum absolute atomic E-state index is 0.471. The second-order valence-corrected chi connectivity index (χ2v) is 3.95. The Labute approximate surface area is 106 Å². The van der Waals surface area contributed by atoms with Crippen LogP contribution >= 0.6 is 0 Å². The fourth-order valence-electron chi connectivity index (χ4n) is 1.67. The number of hydrogen-bond donors (Lipinski definition) is 0. The molecule has 0 aliphatic carbocycles. The van der Waals surface area contributed by atoms with Crippen LogP contribution in [0.15, 0.2) is 35.3 Å². The number of aliphatic imine (C=N–C) groups is 1. The Morgan fingerprint density at radius 1 is 1.11 bits per heavy atom. The first-order valence-corrected chi connectivity index (χ1v) is 5.68. The Kier molecular flexibility index (Phi) is 3.67. The van der Waals surface area contributed by atoms with Crippen molar-refractivity contribution in [3.05, 3.63) is 47.3 Å². The van der Waals surface area contributed by atoms with E-state index in [1.54, 1.807) is 13.3 Å². The maximum atomic E-state index is 5.25. The summed E-state index contributed by atoms with van der Waals surface area (Å²) < 4.78 is 5.25. The molecule has 0 spiro atoms. The number of para-hydroxylation sites is 1. The van der Waals surface area contributed by atoms with E-state index in [0.29, 0.717) is 5.95 Å². The van der Waals surface area contributed by atoms with E-state index >= 15 is 0 Å². The van der Waals surface area contributed by atoms with Gasteiger partial charge in [-0.25, -0.2) is 15.0 Å². The summed E-state index contributed by atoms with van der Waals surface area (Å²) in [7, 11) is 1.64. The molecule has 0 fully saturated rings. The van der Waals surface area contributed by atoms with Gasteiger partial charge in [0.15, 0.2) is 0 Å². The zero-order valence-electron chi connectivity index (χ0n) is 10.7. The molecule has 18 heavy (non-hydrogen) atoms. The summed E-state index contributed by atoms with van der Waals surface area (Å²) in [6.07, 6.45) is 1.72. The molecular weight excluding hydrogens is 226 g/mol. The van der Waals surface area contributed by atoms with Gasteiger partial charge in [-0.15, -0.1) is 0 Å². The highest BCUT2D eigenvalue weighted by Crippen LogP contribution is 2.16. The summed E-state index contributed by atoms with van der Waals surface area (Å²) >= 11 is 0. The number of aryl methyl sites for hydroxylation is 2. The fourth-order valence-corrected chi connectivity index (χ4v) is 1.67. The number of ether oxygens (including phenoxy) is 1. The first kappa shape index (κ1) is 12.2. The van der Waals surface area contributed by atoms with Crippen molar-refractivity contribution in [3.63, 3.8) is 0 Å². The quantitative estimate of drug-likeness (QED) is 0.776. The maximum absolute atomic E-state index is 5.25. The summed E-state index contributed by atoms with van der Waals surface area (Å²) in [5.41, 5.74) is 2.73. The lowest BCUT2D eigenvalue weighted by Gasteiger charge is -2.02. The highest BCUT2D eigenvalue weighted by molar-refractivity contribution is 5.84. The van der Waals surface area contributed by atoms with Gasteiger partial charge in [-0.1, -0.05) is 12.1 Å². The van der Waals surface area contributed by atoms with E-state index in [9.17, 15) is 0 Å². The molecule has 92 valence electrons. The van der Waals surface area contributed by atoms with E-state index in [2.05, 4.69) is 15.0 Å². The van der Waals surface area contributed by atoms with Gasteiger partial charge in [0.25, 0.3) is 0 Å². The van der Waals surface area contributed by atoms with E-state index in [1.165, 1.54) is 0 Å². The Morgan fingerprint density at radius 3 is 2.44 bits per heavy atom. The summed E-state index contributed by atoms with van der Waals surface area (Å²) in [5.74, 6) is 1.25. The minimum Gasteiger partial charge on any atom is -0.496 e. The van der Waals surface area contributed by atoms with Gasteiger partial charge in [0.2, 0.25) is 5.95 Å². The van der Waals surface area contributed by atoms with Crippen LogP contribution in [0, 0.1) is 13.8 Å². The first-order valence-electron chi connectivity index (χ1n) is 5.68. The van der Waals surface area contributed by atoms with E-state index in [-0.39, 0.29) is 0 Å². The maximum Gasteiger partial charge on any atom is 0.249 e. The average Bonchev–Trinajstić information content (AvgIpc) is 2.35. The largest absolute Gasteiger partial charge is 0.496 e. The molecule has 0 amide bonds. The van der Waals surface area contributed by atoms with Gasteiger partial charge in [0.05, 0.1) is 7.11 Å².